The van der Waals surface area contributed by atoms with E-state index in [1.165, 1.54) is 11.1 Å². The van der Waals surface area contributed by atoms with Gasteiger partial charge in [0.15, 0.2) is 0 Å². The summed E-state index contributed by atoms with van der Waals surface area (Å²) in [6.45, 7) is 8.06. The lowest BCUT2D eigenvalue weighted by Gasteiger charge is -2.33. The van der Waals surface area contributed by atoms with Gasteiger partial charge < -0.3 is 20.4 Å². The third-order valence-electron chi connectivity index (χ3n) is 5.78. The van der Waals surface area contributed by atoms with Crippen molar-refractivity contribution in [2.45, 2.75) is 32.4 Å². The fourth-order valence-corrected chi connectivity index (χ4v) is 4.55. The number of likely N-dealkylation sites (tertiary alicyclic amines) is 2. The van der Waals surface area contributed by atoms with Crippen molar-refractivity contribution in [1.29, 1.82) is 0 Å². The molecule has 0 aliphatic carbocycles. The Bertz CT molecular complexity index is 736. The van der Waals surface area contributed by atoms with Gasteiger partial charge in [-0.1, -0.05) is 24.3 Å². The number of carbonyl (C=O) groups is 2. The standard InChI is InChI=1S/C21H32N4O2.2ClH/c1-14-8-6-7-9-16(14)19-17-12-24(20(27)21(2,3)22)10-15(17)11-25(19)18(26)13-23(4)5;;/h6-9,15,17,19H,10-13,22H2,1-5H3;2*1H/t15-,17-,19+;;/m1../s1. The van der Waals surface area contributed by atoms with Crippen LogP contribution in [0.1, 0.15) is 31.0 Å². The van der Waals surface area contributed by atoms with Gasteiger partial charge in [-0.2, -0.15) is 0 Å². The maximum atomic E-state index is 12.9. The first-order valence-electron chi connectivity index (χ1n) is 9.67. The van der Waals surface area contributed by atoms with Crippen molar-refractivity contribution in [3.05, 3.63) is 35.4 Å². The second-order valence-corrected chi connectivity index (χ2v) is 8.94. The zero-order valence-corrected chi connectivity index (χ0v) is 19.6. The highest BCUT2D eigenvalue weighted by Gasteiger charge is 2.51. The summed E-state index contributed by atoms with van der Waals surface area (Å²) < 4.78 is 0. The minimum absolute atomic E-state index is 0. The van der Waals surface area contributed by atoms with Crippen LogP contribution in [0.4, 0.5) is 0 Å². The van der Waals surface area contributed by atoms with E-state index in [0.717, 1.165) is 0 Å². The monoisotopic (exact) mass is 444 g/mol. The molecule has 2 fully saturated rings. The number of carbonyl (C=O) groups excluding carboxylic acids is 2. The number of nitrogens with zero attached hydrogens (tertiary/aromatic N) is 3. The average Bonchev–Trinajstić information content (AvgIpc) is 3.11. The van der Waals surface area contributed by atoms with E-state index in [1.807, 2.05) is 40.9 Å². The molecule has 2 aliphatic rings. The van der Waals surface area contributed by atoms with E-state index in [4.69, 9.17) is 5.73 Å². The van der Waals surface area contributed by atoms with Crippen LogP contribution in [0.15, 0.2) is 24.3 Å². The molecule has 2 amide bonds. The van der Waals surface area contributed by atoms with Crippen LogP contribution in [-0.4, -0.2) is 72.3 Å². The summed E-state index contributed by atoms with van der Waals surface area (Å²) in [4.78, 5) is 31.5. The number of halogens is 2. The first kappa shape index (κ1) is 25.7. The predicted octanol–water partition coefficient (Wildman–Crippen LogP) is 2.10. The summed E-state index contributed by atoms with van der Waals surface area (Å²) >= 11 is 0. The fourth-order valence-electron chi connectivity index (χ4n) is 4.55. The predicted molar refractivity (Wildman–Crippen MR) is 121 cm³/mol. The summed E-state index contributed by atoms with van der Waals surface area (Å²) in [6, 6.07) is 8.29. The summed E-state index contributed by atoms with van der Waals surface area (Å²) in [5, 5.41) is 0. The summed E-state index contributed by atoms with van der Waals surface area (Å²) in [7, 11) is 3.84. The number of hydrogen-bond donors (Lipinski definition) is 1. The molecule has 8 heteroatoms. The Morgan fingerprint density at radius 1 is 1.14 bits per heavy atom. The van der Waals surface area contributed by atoms with Crippen molar-refractivity contribution in [2.24, 2.45) is 17.6 Å². The van der Waals surface area contributed by atoms with Gasteiger partial charge in [-0.05, 0) is 46.0 Å². The molecule has 0 bridgehead atoms. The topological polar surface area (TPSA) is 69.9 Å². The number of likely N-dealkylation sites (N-methyl/N-ethyl adjacent to an activating group) is 1. The zero-order chi connectivity index (χ0) is 19.9. The Labute approximate surface area is 186 Å². The molecule has 2 saturated heterocycles. The van der Waals surface area contributed by atoms with Crippen LogP contribution in [0.2, 0.25) is 0 Å². The zero-order valence-electron chi connectivity index (χ0n) is 17.9. The Kier molecular flexibility index (Phi) is 8.55. The highest BCUT2D eigenvalue weighted by Crippen LogP contribution is 2.46. The quantitative estimate of drug-likeness (QED) is 0.771. The van der Waals surface area contributed by atoms with Crippen LogP contribution >= 0.6 is 24.8 Å². The van der Waals surface area contributed by atoms with E-state index in [9.17, 15) is 9.59 Å². The molecule has 0 saturated carbocycles. The van der Waals surface area contributed by atoms with Crippen LogP contribution in [0, 0.1) is 18.8 Å². The number of nitrogens with two attached hydrogens (primary N) is 1. The second-order valence-electron chi connectivity index (χ2n) is 8.94. The molecule has 0 unspecified atom stereocenters. The van der Waals surface area contributed by atoms with Crippen molar-refractivity contribution in [1.82, 2.24) is 14.7 Å². The number of fused-ring (bicyclic) bond motifs is 1. The van der Waals surface area contributed by atoms with E-state index in [2.05, 4.69) is 19.1 Å². The molecule has 29 heavy (non-hydrogen) atoms. The van der Waals surface area contributed by atoms with Crippen molar-refractivity contribution in [2.75, 3.05) is 40.3 Å². The van der Waals surface area contributed by atoms with Gasteiger partial charge >= 0.3 is 0 Å². The Morgan fingerprint density at radius 2 is 1.76 bits per heavy atom. The number of amides is 2. The van der Waals surface area contributed by atoms with Crippen molar-refractivity contribution in [3.63, 3.8) is 0 Å². The maximum Gasteiger partial charge on any atom is 0.242 e. The number of benzene rings is 1. The molecular formula is C21H34Cl2N4O2. The molecule has 0 aromatic heterocycles. The van der Waals surface area contributed by atoms with Crippen LogP contribution in [0.3, 0.4) is 0 Å². The van der Waals surface area contributed by atoms with E-state index >= 15 is 0 Å². The maximum absolute atomic E-state index is 12.9. The largest absolute Gasteiger partial charge is 0.340 e. The molecule has 6 nitrogen and oxygen atoms in total. The van der Waals surface area contributed by atoms with Crippen molar-refractivity contribution >= 4 is 36.6 Å². The van der Waals surface area contributed by atoms with E-state index in [-0.39, 0.29) is 48.6 Å². The highest BCUT2D eigenvalue weighted by molar-refractivity contribution is 5.86. The second kappa shape index (κ2) is 9.65. The summed E-state index contributed by atoms with van der Waals surface area (Å²) in [5.41, 5.74) is 7.57. The number of rotatable bonds is 4. The molecule has 0 radical (unpaired) electrons. The van der Waals surface area contributed by atoms with Crippen LogP contribution in [0.5, 0.6) is 0 Å². The van der Waals surface area contributed by atoms with Crippen molar-refractivity contribution in [3.8, 4) is 0 Å². The minimum Gasteiger partial charge on any atom is -0.340 e. The lowest BCUT2D eigenvalue weighted by Crippen LogP contribution is -2.51. The Morgan fingerprint density at radius 3 is 2.31 bits per heavy atom. The lowest BCUT2D eigenvalue weighted by atomic mass is 9.87. The Balaban J connectivity index is 0.00000210. The normalized spacial score (nSPS) is 23.5. The van der Waals surface area contributed by atoms with Crippen LogP contribution in [0.25, 0.3) is 0 Å². The molecule has 164 valence electrons. The third kappa shape index (κ3) is 5.23. The Hall–Kier alpha value is -1.34. The van der Waals surface area contributed by atoms with Gasteiger partial charge in [-0.15, -0.1) is 24.8 Å². The van der Waals surface area contributed by atoms with Gasteiger partial charge in [-0.3, -0.25) is 9.59 Å². The molecule has 2 aliphatic heterocycles. The molecule has 1 aromatic carbocycles. The molecular weight excluding hydrogens is 411 g/mol. The van der Waals surface area contributed by atoms with Gasteiger partial charge in [0.05, 0.1) is 18.1 Å². The van der Waals surface area contributed by atoms with Crippen LogP contribution < -0.4 is 5.73 Å². The molecule has 3 rings (SSSR count). The molecule has 1 aromatic rings. The van der Waals surface area contributed by atoms with Gasteiger partial charge in [0.25, 0.3) is 0 Å². The van der Waals surface area contributed by atoms with Gasteiger partial charge in [0, 0.05) is 31.5 Å². The minimum atomic E-state index is -0.864. The van der Waals surface area contributed by atoms with E-state index in [0.29, 0.717) is 32.1 Å². The number of hydrogen-bond acceptors (Lipinski definition) is 4. The highest BCUT2D eigenvalue weighted by atomic mass is 35.5. The van der Waals surface area contributed by atoms with Crippen LogP contribution in [-0.2, 0) is 9.59 Å². The molecule has 3 atom stereocenters. The first-order valence-corrected chi connectivity index (χ1v) is 9.67. The smallest absolute Gasteiger partial charge is 0.242 e. The summed E-state index contributed by atoms with van der Waals surface area (Å²) in [6.07, 6.45) is 0. The number of aryl methyl sites for hydroxylation is 1. The first-order chi connectivity index (χ1) is 12.6. The molecule has 0 spiro atoms. The average molecular weight is 445 g/mol. The SMILES string of the molecule is Cc1ccccc1[C@H]1[C@@H]2CN(C(=O)C(C)(C)N)C[C@@H]2CN1C(=O)CN(C)C.Cl.Cl. The lowest BCUT2D eigenvalue weighted by molar-refractivity contribution is -0.136. The molecule has 2 N–H and O–H groups in total. The van der Waals surface area contributed by atoms with Gasteiger partial charge in [-0.25, -0.2) is 0 Å². The van der Waals surface area contributed by atoms with E-state index < -0.39 is 5.54 Å². The molecule has 2 heterocycles. The summed E-state index contributed by atoms with van der Waals surface area (Å²) in [5.74, 6) is 0.696. The van der Waals surface area contributed by atoms with E-state index in [1.54, 1.807) is 13.8 Å². The van der Waals surface area contributed by atoms with Gasteiger partial charge in [0.1, 0.15) is 0 Å². The van der Waals surface area contributed by atoms with Gasteiger partial charge in [0.2, 0.25) is 11.8 Å². The third-order valence-corrected chi connectivity index (χ3v) is 5.78. The fraction of sp³-hybridized carbons (Fsp3) is 0.619. The van der Waals surface area contributed by atoms with Crippen molar-refractivity contribution < 1.29 is 9.59 Å².